The fraction of sp³-hybridized carbons (Fsp3) is 0.357. The van der Waals surface area contributed by atoms with Crippen LogP contribution in [0.25, 0.3) is 10.9 Å². The lowest BCUT2D eigenvalue weighted by atomic mass is 10.1. The highest BCUT2D eigenvalue weighted by Crippen LogP contribution is 2.28. The van der Waals surface area contributed by atoms with E-state index in [0.29, 0.717) is 5.92 Å². The van der Waals surface area contributed by atoms with Gasteiger partial charge in [0.05, 0.1) is 5.52 Å². The van der Waals surface area contributed by atoms with Gasteiger partial charge >= 0.3 is 0 Å². The molecule has 1 N–H and O–H groups in total. The van der Waals surface area contributed by atoms with Crippen LogP contribution in [0.5, 0.6) is 0 Å². The molecule has 0 saturated heterocycles. The van der Waals surface area contributed by atoms with Gasteiger partial charge in [-0.15, -0.1) is 0 Å². The van der Waals surface area contributed by atoms with Gasteiger partial charge in [-0.2, -0.15) is 0 Å². The van der Waals surface area contributed by atoms with Crippen LogP contribution in [0.1, 0.15) is 19.5 Å². The Hall–Kier alpha value is -0.910. The molecule has 0 fully saturated rings. The normalized spacial score (nSPS) is 11.2. The first-order valence-corrected chi connectivity index (χ1v) is 7.05. The molecule has 0 radical (unpaired) electrons. The lowest BCUT2D eigenvalue weighted by molar-refractivity contribution is 0.627. The largest absolute Gasteiger partial charge is 0.388 e. The number of hydrogen-bond donors (Lipinski definition) is 1. The fourth-order valence-corrected chi connectivity index (χ4v) is 2.74. The standard InChI is InChI=1S/C14H16FIN2/c1-8(2)4-10-7-13(17-3)11-5-9(15)6-12(16)14(11)18-10/h5-8H,4H2,1-3H3,(H,17,18). The van der Waals surface area contributed by atoms with Crippen LogP contribution in [0.2, 0.25) is 0 Å². The van der Waals surface area contributed by atoms with E-state index in [1.807, 2.05) is 13.1 Å². The highest BCUT2D eigenvalue weighted by atomic mass is 127. The molecule has 0 aliphatic heterocycles. The summed E-state index contributed by atoms with van der Waals surface area (Å²) in [5.74, 6) is 0.333. The monoisotopic (exact) mass is 358 g/mol. The van der Waals surface area contributed by atoms with Crippen molar-refractivity contribution in [2.45, 2.75) is 20.3 Å². The first-order valence-electron chi connectivity index (χ1n) is 5.97. The number of anilines is 1. The van der Waals surface area contributed by atoms with Crippen molar-refractivity contribution in [3.63, 3.8) is 0 Å². The third-order valence-electron chi connectivity index (χ3n) is 2.77. The molecular weight excluding hydrogens is 342 g/mol. The van der Waals surface area contributed by atoms with Gasteiger partial charge in [-0.1, -0.05) is 13.8 Å². The Morgan fingerprint density at radius 1 is 1.33 bits per heavy atom. The van der Waals surface area contributed by atoms with Crippen molar-refractivity contribution in [1.29, 1.82) is 0 Å². The van der Waals surface area contributed by atoms with Crippen LogP contribution in [-0.4, -0.2) is 12.0 Å². The number of hydrogen-bond acceptors (Lipinski definition) is 2. The van der Waals surface area contributed by atoms with Crippen LogP contribution < -0.4 is 5.32 Å². The minimum atomic E-state index is -0.221. The Morgan fingerprint density at radius 3 is 2.67 bits per heavy atom. The van der Waals surface area contributed by atoms with E-state index >= 15 is 0 Å². The van der Waals surface area contributed by atoms with E-state index in [0.717, 1.165) is 32.3 Å². The Balaban J connectivity index is 2.67. The molecule has 1 aromatic carbocycles. The predicted octanol–water partition coefficient (Wildman–Crippen LogP) is 4.22. The van der Waals surface area contributed by atoms with Crippen LogP contribution in [0.4, 0.5) is 10.1 Å². The number of rotatable bonds is 3. The summed E-state index contributed by atoms with van der Waals surface area (Å²) < 4.78 is 14.3. The van der Waals surface area contributed by atoms with Crippen LogP contribution in [0.3, 0.4) is 0 Å². The molecule has 2 nitrogen and oxygen atoms in total. The number of halogens is 2. The lowest BCUT2D eigenvalue weighted by Crippen LogP contribution is -2.01. The molecule has 2 rings (SSSR count). The van der Waals surface area contributed by atoms with Crippen molar-refractivity contribution < 1.29 is 4.39 Å². The zero-order valence-corrected chi connectivity index (χ0v) is 12.9. The van der Waals surface area contributed by atoms with Crippen LogP contribution >= 0.6 is 22.6 Å². The molecule has 2 aromatic rings. The summed E-state index contributed by atoms with van der Waals surface area (Å²) >= 11 is 2.14. The van der Waals surface area contributed by atoms with E-state index in [2.05, 4.69) is 46.7 Å². The second-order valence-corrected chi connectivity index (χ2v) is 5.96. The Labute approximate surface area is 120 Å². The smallest absolute Gasteiger partial charge is 0.125 e. The minimum absolute atomic E-state index is 0.221. The minimum Gasteiger partial charge on any atom is -0.388 e. The van der Waals surface area contributed by atoms with Gasteiger partial charge in [-0.05, 0) is 53.1 Å². The van der Waals surface area contributed by atoms with Crippen molar-refractivity contribution in [2.75, 3.05) is 12.4 Å². The quantitative estimate of drug-likeness (QED) is 0.832. The third-order valence-corrected chi connectivity index (χ3v) is 3.59. The molecule has 1 heterocycles. The van der Waals surface area contributed by atoms with Gasteiger partial charge in [0, 0.05) is 27.4 Å². The summed E-state index contributed by atoms with van der Waals surface area (Å²) in [6, 6.07) is 5.07. The summed E-state index contributed by atoms with van der Waals surface area (Å²) in [5.41, 5.74) is 2.86. The number of nitrogens with one attached hydrogen (secondary N) is 1. The third kappa shape index (κ3) is 2.74. The number of pyridine rings is 1. The van der Waals surface area contributed by atoms with Gasteiger partial charge in [0.2, 0.25) is 0 Å². The predicted molar refractivity (Wildman–Crippen MR) is 82.5 cm³/mol. The maximum Gasteiger partial charge on any atom is 0.125 e. The number of benzene rings is 1. The maximum atomic E-state index is 13.5. The number of fused-ring (bicyclic) bond motifs is 1. The van der Waals surface area contributed by atoms with E-state index in [9.17, 15) is 4.39 Å². The number of nitrogens with zero attached hydrogens (tertiary/aromatic N) is 1. The molecule has 0 unspecified atom stereocenters. The van der Waals surface area contributed by atoms with Crippen molar-refractivity contribution in [3.05, 3.63) is 33.3 Å². The first-order chi connectivity index (χ1) is 8.51. The topological polar surface area (TPSA) is 24.9 Å². The van der Waals surface area contributed by atoms with Gasteiger partial charge in [-0.3, -0.25) is 4.98 Å². The maximum absolute atomic E-state index is 13.5. The van der Waals surface area contributed by atoms with Crippen molar-refractivity contribution in [1.82, 2.24) is 4.98 Å². The summed E-state index contributed by atoms with van der Waals surface area (Å²) in [6.07, 6.45) is 0.929. The number of aromatic nitrogens is 1. The molecule has 96 valence electrons. The molecule has 0 bridgehead atoms. The first kappa shape index (κ1) is 13.5. The molecule has 0 aliphatic rings. The molecule has 0 saturated carbocycles. The van der Waals surface area contributed by atoms with E-state index in [4.69, 9.17) is 0 Å². The van der Waals surface area contributed by atoms with E-state index in [-0.39, 0.29) is 5.82 Å². The van der Waals surface area contributed by atoms with Gasteiger partial charge in [-0.25, -0.2) is 4.39 Å². The van der Waals surface area contributed by atoms with Gasteiger partial charge < -0.3 is 5.32 Å². The molecule has 0 spiro atoms. The molecule has 4 heteroatoms. The average Bonchev–Trinajstić information content (AvgIpc) is 2.28. The summed E-state index contributed by atoms with van der Waals surface area (Å²) in [6.45, 7) is 4.33. The van der Waals surface area contributed by atoms with Gasteiger partial charge in [0.15, 0.2) is 0 Å². The van der Waals surface area contributed by atoms with Crippen molar-refractivity contribution in [3.8, 4) is 0 Å². The van der Waals surface area contributed by atoms with Crippen molar-refractivity contribution >= 4 is 39.2 Å². The average molecular weight is 358 g/mol. The Morgan fingerprint density at radius 2 is 2.06 bits per heavy atom. The Kier molecular flexibility index (Phi) is 4.04. The van der Waals surface area contributed by atoms with E-state index < -0.39 is 0 Å². The second-order valence-electron chi connectivity index (χ2n) is 4.79. The van der Waals surface area contributed by atoms with Crippen molar-refractivity contribution in [2.24, 2.45) is 5.92 Å². The van der Waals surface area contributed by atoms with E-state index in [1.54, 1.807) is 0 Å². The summed E-state index contributed by atoms with van der Waals surface area (Å²) in [5, 5.41) is 3.97. The fourth-order valence-electron chi connectivity index (χ4n) is 2.03. The highest BCUT2D eigenvalue weighted by Gasteiger charge is 2.10. The van der Waals surface area contributed by atoms with Crippen LogP contribution in [-0.2, 0) is 6.42 Å². The van der Waals surface area contributed by atoms with Crippen LogP contribution in [0.15, 0.2) is 18.2 Å². The molecule has 18 heavy (non-hydrogen) atoms. The zero-order valence-electron chi connectivity index (χ0n) is 10.7. The SMILES string of the molecule is CNc1cc(CC(C)C)nc2c(I)cc(F)cc12. The van der Waals surface area contributed by atoms with Crippen LogP contribution in [0, 0.1) is 15.3 Å². The van der Waals surface area contributed by atoms with E-state index in [1.165, 1.54) is 12.1 Å². The zero-order chi connectivity index (χ0) is 13.3. The Bertz CT molecular complexity index is 582. The molecule has 0 amide bonds. The molecule has 0 atom stereocenters. The molecular formula is C14H16FIN2. The lowest BCUT2D eigenvalue weighted by Gasteiger charge is -2.12. The summed E-state index contributed by atoms with van der Waals surface area (Å²) in [7, 11) is 1.85. The highest BCUT2D eigenvalue weighted by molar-refractivity contribution is 14.1. The second kappa shape index (κ2) is 5.38. The molecule has 1 aromatic heterocycles. The summed E-state index contributed by atoms with van der Waals surface area (Å²) in [4.78, 5) is 4.65. The van der Waals surface area contributed by atoms with Gasteiger partial charge in [0.25, 0.3) is 0 Å². The van der Waals surface area contributed by atoms with Gasteiger partial charge in [0.1, 0.15) is 5.82 Å². The molecule has 0 aliphatic carbocycles.